The van der Waals surface area contributed by atoms with E-state index in [2.05, 4.69) is 5.32 Å². The second-order valence-electron chi connectivity index (χ2n) is 4.39. The Morgan fingerprint density at radius 1 is 1.47 bits per heavy atom. The molecule has 1 heterocycles. The maximum atomic E-state index is 11.1. The number of carboxylic acid groups (broad SMARTS) is 1. The van der Waals surface area contributed by atoms with Crippen molar-refractivity contribution in [3.8, 4) is 0 Å². The molecular weight excluding hydrogens is 196 g/mol. The number of nitrogens with one attached hydrogen (secondary N) is 1. The summed E-state index contributed by atoms with van der Waals surface area (Å²) in [6, 6.07) is -0.544. The van der Waals surface area contributed by atoms with Crippen LogP contribution in [0.2, 0.25) is 0 Å². The van der Waals surface area contributed by atoms with Crippen LogP contribution in [0, 0.1) is 5.41 Å². The first-order valence-corrected chi connectivity index (χ1v) is 5.13. The Morgan fingerprint density at radius 2 is 2.00 bits per heavy atom. The van der Waals surface area contributed by atoms with Crippen LogP contribution in [0.1, 0.15) is 13.8 Å². The van der Waals surface area contributed by atoms with Crippen LogP contribution in [0.3, 0.4) is 0 Å². The minimum Gasteiger partial charge on any atom is -0.481 e. The lowest BCUT2D eigenvalue weighted by atomic mass is 9.84. The topological polar surface area (TPSA) is 69.6 Å². The first-order chi connectivity index (χ1) is 7.00. The highest BCUT2D eigenvalue weighted by molar-refractivity contribution is 5.80. The van der Waals surface area contributed by atoms with E-state index in [9.17, 15) is 9.59 Å². The van der Waals surface area contributed by atoms with Gasteiger partial charge in [-0.15, -0.1) is 0 Å². The molecule has 86 valence electrons. The Hall–Kier alpha value is -0.940. The van der Waals surface area contributed by atoms with E-state index in [0.717, 1.165) is 32.5 Å². The van der Waals surface area contributed by atoms with Crippen LogP contribution in [0.4, 0.5) is 0 Å². The molecule has 0 aromatic heterocycles. The van der Waals surface area contributed by atoms with Crippen LogP contribution in [0.25, 0.3) is 0 Å². The molecule has 15 heavy (non-hydrogen) atoms. The van der Waals surface area contributed by atoms with Crippen molar-refractivity contribution in [2.24, 2.45) is 5.41 Å². The van der Waals surface area contributed by atoms with E-state index >= 15 is 0 Å². The summed E-state index contributed by atoms with van der Waals surface area (Å²) in [6.07, 6.45) is 0.749. The van der Waals surface area contributed by atoms with Gasteiger partial charge in [0.1, 0.15) is 6.29 Å². The summed E-state index contributed by atoms with van der Waals surface area (Å²) in [6.45, 7) is 6.24. The Bertz CT molecular complexity index is 247. The number of hydrogen-bond donors (Lipinski definition) is 2. The molecule has 2 N–H and O–H groups in total. The molecule has 0 aromatic carbocycles. The van der Waals surface area contributed by atoms with Gasteiger partial charge < -0.3 is 15.2 Å². The molecule has 1 fully saturated rings. The largest absolute Gasteiger partial charge is 0.481 e. The van der Waals surface area contributed by atoms with Gasteiger partial charge in [0.2, 0.25) is 0 Å². The van der Waals surface area contributed by atoms with Gasteiger partial charge in [0.05, 0.1) is 11.5 Å². The average Bonchev–Trinajstić information content (AvgIpc) is 2.19. The number of carbonyl (C=O) groups is 2. The highest BCUT2D eigenvalue weighted by Gasteiger charge is 2.40. The fraction of sp³-hybridized carbons (Fsp3) is 0.800. The number of nitrogens with zero attached hydrogens (tertiary/aromatic N) is 1. The zero-order valence-corrected chi connectivity index (χ0v) is 9.19. The molecule has 0 aliphatic carbocycles. The summed E-state index contributed by atoms with van der Waals surface area (Å²) < 4.78 is 0. The van der Waals surface area contributed by atoms with Crippen molar-refractivity contribution in [1.82, 2.24) is 10.2 Å². The molecule has 0 bridgehead atoms. The Balaban J connectivity index is 2.77. The summed E-state index contributed by atoms with van der Waals surface area (Å²) in [5, 5.41) is 12.2. The van der Waals surface area contributed by atoms with Gasteiger partial charge in [-0.05, 0) is 13.8 Å². The van der Waals surface area contributed by atoms with Gasteiger partial charge >= 0.3 is 5.97 Å². The standard InChI is InChI=1S/C10H18N2O3/c1-10(2,9(14)15)8(7-13)12-5-3-11-4-6-12/h7-8,11H,3-6H2,1-2H3,(H,14,15). The Labute approximate surface area is 89.4 Å². The lowest BCUT2D eigenvalue weighted by Crippen LogP contribution is -2.56. The molecule has 1 aliphatic rings. The lowest BCUT2D eigenvalue weighted by Gasteiger charge is -2.38. The zero-order valence-electron chi connectivity index (χ0n) is 9.19. The monoisotopic (exact) mass is 214 g/mol. The van der Waals surface area contributed by atoms with Crippen LogP contribution >= 0.6 is 0 Å². The molecule has 1 aliphatic heterocycles. The minimum absolute atomic E-state index is 0.544. The third kappa shape index (κ3) is 2.54. The van der Waals surface area contributed by atoms with Crippen molar-refractivity contribution >= 4 is 12.3 Å². The van der Waals surface area contributed by atoms with E-state index in [1.807, 2.05) is 4.90 Å². The Morgan fingerprint density at radius 3 is 2.40 bits per heavy atom. The molecular formula is C10H18N2O3. The molecule has 1 rings (SSSR count). The van der Waals surface area contributed by atoms with Crippen molar-refractivity contribution in [1.29, 1.82) is 0 Å². The molecule has 0 spiro atoms. The summed E-state index contributed by atoms with van der Waals surface area (Å²) in [5.74, 6) is -0.932. The maximum absolute atomic E-state index is 11.1. The van der Waals surface area contributed by atoms with Crippen molar-refractivity contribution in [3.63, 3.8) is 0 Å². The molecule has 5 nitrogen and oxygen atoms in total. The summed E-state index contributed by atoms with van der Waals surface area (Å²) in [7, 11) is 0. The summed E-state index contributed by atoms with van der Waals surface area (Å²) in [4.78, 5) is 24.0. The van der Waals surface area contributed by atoms with Crippen LogP contribution in [-0.2, 0) is 9.59 Å². The third-order valence-corrected chi connectivity index (χ3v) is 2.96. The van der Waals surface area contributed by atoms with Gasteiger partial charge in [-0.3, -0.25) is 9.69 Å². The van der Waals surface area contributed by atoms with Crippen LogP contribution < -0.4 is 5.32 Å². The maximum Gasteiger partial charge on any atom is 0.311 e. The number of carboxylic acids is 1. The SMILES string of the molecule is CC(C)(C(=O)O)C(C=O)N1CCNCC1. The van der Waals surface area contributed by atoms with Gasteiger partial charge in [-0.25, -0.2) is 0 Å². The van der Waals surface area contributed by atoms with Crippen LogP contribution in [-0.4, -0.2) is 54.5 Å². The predicted molar refractivity (Wildman–Crippen MR) is 55.7 cm³/mol. The van der Waals surface area contributed by atoms with E-state index < -0.39 is 17.4 Å². The minimum atomic E-state index is -1.03. The highest BCUT2D eigenvalue weighted by Crippen LogP contribution is 2.24. The van der Waals surface area contributed by atoms with Crippen molar-refractivity contribution < 1.29 is 14.7 Å². The fourth-order valence-corrected chi connectivity index (χ4v) is 1.80. The second-order valence-corrected chi connectivity index (χ2v) is 4.39. The van der Waals surface area contributed by atoms with E-state index in [1.165, 1.54) is 0 Å². The van der Waals surface area contributed by atoms with Gasteiger partial charge in [-0.2, -0.15) is 0 Å². The van der Waals surface area contributed by atoms with E-state index in [1.54, 1.807) is 13.8 Å². The predicted octanol–water partition coefficient (Wildman–Crippen LogP) is -0.430. The van der Waals surface area contributed by atoms with Gasteiger partial charge in [0, 0.05) is 26.2 Å². The average molecular weight is 214 g/mol. The van der Waals surface area contributed by atoms with Crippen LogP contribution in [0.15, 0.2) is 0 Å². The summed E-state index contributed by atoms with van der Waals surface area (Å²) >= 11 is 0. The Kier molecular flexibility index (Phi) is 3.82. The molecule has 0 amide bonds. The smallest absolute Gasteiger partial charge is 0.311 e. The number of aldehydes is 1. The van der Waals surface area contributed by atoms with E-state index in [-0.39, 0.29) is 0 Å². The highest BCUT2D eigenvalue weighted by atomic mass is 16.4. The fourth-order valence-electron chi connectivity index (χ4n) is 1.80. The molecule has 0 aromatic rings. The number of piperazine rings is 1. The quantitative estimate of drug-likeness (QED) is 0.621. The van der Waals surface area contributed by atoms with Crippen molar-refractivity contribution in [3.05, 3.63) is 0 Å². The van der Waals surface area contributed by atoms with E-state index in [0.29, 0.717) is 0 Å². The second kappa shape index (κ2) is 4.72. The molecule has 1 saturated heterocycles. The number of rotatable bonds is 4. The lowest BCUT2D eigenvalue weighted by molar-refractivity contribution is -0.153. The molecule has 5 heteroatoms. The first-order valence-electron chi connectivity index (χ1n) is 5.13. The molecule has 0 saturated carbocycles. The van der Waals surface area contributed by atoms with Crippen LogP contribution in [0.5, 0.6) is 0 Å². The third-order valence-electron chi connectivity index (χ3n) is 2.96. The molecule has 1 unspecified atom stereocenters. The number of aliphatic carboxylic acids is 1. The molecule has 0 radical (unpaired) electrons. The van der Waals surface area contributed by atoms with Gasteiger partial charge in [-0.1, -0.05) is 0 Å². The molecule has 1 atom stereocenters. The van der Waals surface area contributed by atoms with Gasteiger partial charge in [0.25, 0.3) is 0 Å². The normalized spacial score (nSPS) is 20.9. The van der Waals surface area contributed by atoms with Crippen molar-refractivity contribution in [2.75, 3.05) is 26.2 Å². The van der Waals surface area contributed by atoms with Gasteiger partial charge in [0.15, 0.2) is 0 Å². The summed E-state index contributed by atoms with van der Waals surface area (Å²) in [5.41, 5.74) is -1.03. The van der Waals surface area contributed by atoms with Crippen molar-refractivity contribution in [2.45, 2.75) is 19.9 Å². The number of hydrogen-bond acceptors (Lipinski definition) is 4. The number of carbonyl (C=O) groups excluding carboxylic acids is 1. The van der Waals surface area contributed by atoms with E-state index in [4.69, 9.17) is 5.11 Å². The first kappa shape index (κ1) is 12.1. The zero-order chi connectivity index (χ0) is 11.5.